The quantitative estimate of drug-likeness (QED) is 0.847. The average Bonchev–Trinajstić information content (AvgIpc) is 2.28. The Balaban J connectivity index is 2.67. The van der Waals surface area contributed by atoms with Crippen LogP contribution in [-0.2, 0) is 9.84 Å². The zero-order valence-electron chi connectivity index (χ0n) is 10.7. The van der Waals surface area contributed by atoms with Gasteiger partial charge in [-0.25, -0.2) is 8.42 Å². The lowest BCUT2D eigenvalue weighted by Crippen LogP contribution is -2.22. The number of sulfone groups is 1. The summed E-state index contributed by atoms with van der Waals surface area (Å²) in [7, 11) is -1.23. The highest BCUT2D eigenvalue weighted by molar-refractivity contribution is 7.91. The topological polar surface area (TPSA) is 46.2 Å². The van der Waals surface area contributed by atoms with E-state index in [4.69, 9.17) is 0 Å². The van der Waals surface area contributed by atoms with E-state index < -0.39 is 9.84 Å². The van der Waals surface area contributed by atoms with Crippen LogP contribution in [0.5, 0.6) is 0 Å². The van der Waals surface area contributed by atoms with Crippen molar-refractivity contribution in [1.29, 1.82) is 0 Å². The molecule has 1 atom stereocenters. The van der Waals surface area contributed by atoms with E-state index in [1.54, 1.807) is 12.1 Å². The lowest BCUT2D eigenvalue weighted by molar-refractivity contribution is 0.548. The molecule has 0 amide bonds. The molecule has 0 aliphatic heterocycles. The van der Waals surface area contributed by atoms with Gasteiger partial charge in [-0.15, -0.1) is 0 Å². The summed E-state index contributed by atoms with van der Waals surface area (Å²) in [6.07, 6.45) is 1.57. The second-order valence-corrected chi connectivity index (χ2v) is 6.49. The summed E-state index contributed by atoms with van der Waals surface area (Å²) in [6.45, 7) is 3.89. The highest BCUT2D eigenvalue weighted by Gasteiger charge is 2.16. The van der Waals surface area contributed by atoms with Crippen LogP contribution in [0.25, 0.3) is 0 Å². The molecule has 17 heavy (non-hydrogen) atoms. The minimum atomic E-state index is -3.12. The van der Waals surface area contributed by atoms with Gasteiger partial charge in [0.15, 0.2) is 9.84 Å². The summed E-state index contributed by atoms with van der Waals surface area (Å²) >= 11 is 0. The number of aryl methyl sites for hydroxylation is 1. The van der Waals surface area contributed by atoms with Crippen LogP contribution in [0.15, 0.2) is 29.2 Å². The lowest BCUT2D eigenvalue weighted by atomic mass is 10.2. The maximum atomic E-state index is 12.1. The molecule has 0 aliphatic carbocycles. The molecule has 0 bridgehead atoms. The molecule has 1 aromatic carbocycles. The highest BCUT2D eigenvalue weighted by atomic mass is 32.2. The first-order chi connectivity index (χ1) is 7.97. The van der Waals surface area contributed by atoms with E-state index in [0.717, 1.165) is 12.0 Å². The first-order valence-corrected chi connectivity index (χ1v) is 7.58. The Morgan fingerprint density at radius 1 is 1.29 bits per heavy atom. The van der Waals surface area contributed by atoms with Gasteiger partial charge in [-0.1, -0.05) is 18.2 Å². The van der Waals surface area contributed by atoms with Gasteiger partial charge >= 0.3 is 0 Å². The van der Waals surface area contributed by atoms with Crippen LogP contribution >= 0.6 is 0 Å². The predicted octanol–water partition coefficient (Wildman–Crippen LogP) is 2.16. The highest BCUT2D eigenvalue weighted by Crippen LogP contribution is 2.17. The molecule has 0 saturated heterocycles. The van der Waals surface area contributed by atoms with Crippen molar-refractivity contribution in [3.05, 3.63) is 29.8 Å². The van der Waals surface area contributed by atoms with E-state index in [9.17, 15) is 8.42 Å². The molecule has 1 rings (SSSR count). The SMILES string of the molecule is CNC(C)CCCS(=O)(=O)c1ccccc1C. The predicted molar refractivity (Wildman–Crippen MR) is 71.0 cm³/mol. The van der Waals surface area contributed by atoms with Crippen LogP contribution in [0.1, 0.15) is 25.3 Å². The van der Waals surface area contributed by atoms with E-state index in [-0.39, 0.29) is 5.75 Å². The molecule has 0 aromatic heterocycles. The van der Waals surface area contributed by atoms with Crippen LogP contribution < -0.4 is 5.32 Å². The fraction of sp³-hybridized carbons (Fsp3) is 0.538. The Hall–Kier alpha value is -0.870. The molecule has 0 saturated carbocycles. The van der Waals surface area contributed by atoms with E-state index in [1.807, 2.05) is 26.1 Å². The lowest BCUT2D eigenvalue weighted by Gasteiger charge is -2.10. The van der Waals surface area contributed by atoms with E-state index in [1.165, 1.54) is 0 Å². The molecule has 0 aliphatic rings. The van der Waals surface area contributed by atoms with Gasteiger partial charge in [0.2, 0.25) is 0 Å². The van der Waals surface area contributed by atoms with Gasteiger partial charge < -0.3 is 5.32 Å². The fourth-order valence-electron chi connectivity index (χ4n) is 1.74. The van der Waals surface area contributed by atoms with Gasteiger partial charge in [0.25, 0.3) is 0 Å². The Morgan fingerprint density at radius 2 is 1.94 bits per heavy atom. The normalized spacial score (nSPS) is 13.6. The summed E-state index contributed by atoms with van der Waals surface area (Å²) in [5.41, 5.74) is 0.828. The smallest absolute Gasteiger partial charge is 0.178 e. The monoisotopic (exact) mass is 255 g/mol. The van der Waals surface area contributed by atoms with Crippen LogP contribution in [0, 0.1) is 6.92 Å². The third-order valence-corrected chi connectivity index (χ3v) is 4.93. The van der Waals surface area contributed by atoms with Crippen molar-refractivity contribution in [2.75, 3.05) is 12.8 Å². The second kappa shape index (κ2) is 6.17. The first kappa shape index (κ1) is 14.2. The van der Waals surface area contributed by atoms with Gasteiger partial charge in [0, 0.05) is 6.04 Å². The van der Waals surface area contributed by atoms with E-state index in [0.29, 0.717) is 17.4 Å². The first-order valence-electron chi connectivity index (χ1n) is 5.93. The maximum absolute atomic E-state index is 12.1. The number of hydrogen-bond acceptors (Lipinski definition) is 3. The van der Waals surface area contributed by atoms with Crippen molar-refractivity contribution in [1.82, 2.24) is 5.32 Å². The molecule has 3 nitrogen and oxygen atoms in total. The van der Waals surface area contributed by atoms with Gasteiger partial charge in [-0.3, -0.25) is 0 Å². The summed E-state index contributed by atoms with van der Waals surface area (Å²) in [5.74, 6) is 0.226. The van der Waals surface area contributed by atoms with Crippen LogP contribution in [0.2, 0.25) is 0 Å². The number of benzene rings is 1. The Kier molecular flexibility index (Phi) is 5.15. The number of rotatable bonds is 6. The standard InChI is InChI=1S/C13H21NO2S/c1-11-7-4-5-9-13(11)17(15,16)10-6-8-12(2)14-3/h4-5,7,9,12,14H,6,8,10H2,1-3H3. The molecule has 0 fully saturated rings. The Bertz CT molecular complexity index is 454. The molecule has 1 N–H and O–H groups in total. The molecule has 1 unspecified atom stereocenters. The van der Waals surface area contributed by atoms with Crippen molar-refractivity contribution in [2.24, 2.45) is 0 Å². The molecule has 0 heterocycles. The zero-order chi connectivity index (χ0) is 12.9. The Morgan fingerprint density at radius 3 is 2.53 bits per heavy atom. The molecular formula is C13H21NO2S. The van der Waals surface area contributed by atoms with Crippen molar-refractivity contribution < 1.29 is 8.42 Å². The Labute approximate surface area is 104 Å². The molecule has 0 spiro atoms. The van der Waals surface area contributed by atoms with Gasteiger partial charge in [0.05, 0.1) is 10.6 Å². The summed E-state index contributed by atoms with van der Waals surface area (Å²) < 4.78 is 24.2. The number of nitrogens with one attached hydrogen (secondary N) is 1. The largest absolute Gasteiger partial charge is 0.317 e. The molecule has 0 radical (unpaired) electrons. The summed E-state index contributed by atoms with van der Waals surface area (Å²) in [5, 5.41) is 3.11. The molecular weight excluding hydrogens is 234 g/mol. The molecule has 4 heteroatoms. The third kappa shape index (κ3) is 4.13. The third-order valence-electron chi connectivity index (χ3n) is 2.97. The second-order valence-electron chi connectivity index (χ2n) is 4.42. The molecule has 96 valence electrons. The number of hydrogen-bond donors (Lipinski definition) is 1. The van der Waals surface area contributed by atoms with E-state index in [2.05, 4.69) is 12.2 Å². The van der Waals surface area contributed by atoms with Gasteiger partial charge in [-0.2, -0.15) is 0 Å². The van der Waals surface area contributed by atoms with Gasteiger partial charge in [-0.05, 0) is 45.4 Å². The minimum absolute atomic E-state index is 0.226. The van der Waals surface area contributed by atoms with Crippen molar-refractivity contribution in [3.8, 4) is 0 Å². The molecule has 1 aromatic rings. The van der Waals surface area contributed by atoms with Crippen molar-refractivity contribution in [3.63, 3.8) is 0 Å². The van der Waals surface area contributed by atoms with Crippen molar-refractivity contribution >= 4 is 9.84 Å². The van der Waals surface area contributed by atoms with Gasteiger partial charge in [0.1, 0.15) is 0 Å². The fourth-order valence-corrected chi connectivity index (χ4v) is 3.35. The van der Waals surface area contributed by atoms with Crippen LogP contribution in [0.3, 0.4) is 0 Å². The zero-order valence-corrected chi connectivity index (χ0v) is 11.5. The minimum Gasteiger partial charge on any atom is -0.317 e. The average molecular weight is 255 g/mol. The van der Waals surface area contributed by atoms with Crippen molar-refractivity contribution in [2.45, 2.75) is 37.6 Å². The summed E-state index contributed by atoms with van der Waals surface area (Å²) in [6, 6.07) is 7.52. The summed E-state index contributed by atoms with van der Waals surface area (Å²) in [4.78, 5) is 0.470. The van der Waals surface area contributed by atoms with Crippen LogP contribution in [-0.4, -0.2) is 27.3 Å². The van der Waals surface area contributed by atoms with Crippen LogP contribution in [0.4, 0.5) is 0 Å². The maximum Gasteiger partial charge on any atom is 0.178 e. The van der Waals surface area contributed by atoms with E-state index >= 15 is 0 Å².